The lowest BCUT2D eigenvalue weighted by Gasteiger charge is -2.62. The van der Waals surface area contributed by atoms with E-state index in [0.29, 0.717) is 24.8 Å². The molecule has 0 aliphatic heterocycles. The molecule has 4 aliphatic rings. The number of aliphatic hydroxyl groups is 3. The molecular weight excluding hydrogens is 575 g/mol. The van der Waals surface area contributed by atoms with E-state index in [1.807, 2.05) is 0 Å². The number of unbranched alkanes of at least 4 members (excludes halogenated alkanes) is 1. The maximum atomic E-state index is 17.2. The number of halogens is 1. The number of allylic oxidation sites excluding steroid dienone is 4. The molecular formula is C28H39FN2O12. The molecule has 0 spiro atoms. The van der Waals surface area contributed by atoms with Gasteiger partial charge >= 0.3 is 12.1 Å². The van der Waals surface area contributed by atoms with Crippen LogP contribution in [-0.2, 0) is 28.7 Å². The van der Waals surface area contributed by atoms with Crippen molar-refractivity contribution < 1.29 is 63.6 Å². The summed E-state index contributed by atoms with van der Waals surface area (Å²) < 4.78 is 27.0. The third-order valence-electron chi connectivity index (χ3n) is 10.0. The van der Waals surface area contributed by atoms with Gasteiger partial charge in [0.2, 0.25) is 5.78 Å². The maximum absolute atomic E-state index is 17.2. The van der Waals surface area contributed by atoms with Gasteiger partial charge in [0.15, 0.2) is 23.7 Å². The van der Waals surface area contributed by atoms with E-state index in [9.17, 15) is 34.5 Å². The van der Waals surface area contributed by atoms with Crippen molar-refractivity contribution in [2.75, 3.05) is 26.4 Å². The Morgan fingerprint density at radius 2 is 1.79 bits per heavy atom. The Balaban J connectivity index is 1.35. The summed E-state index contributed by atoms with van der Waals surface area (Å²) in [5.74, 6) is -3.85. The van der Waals surface area contributed by atoms with Crippen LogP contribution in [0.2, 0.25) is 0 Å². The number of hydrogen-bond donors (Lipinski definition) is 6. The Hall–Kier alpha value is -2.79. The third-order valence-corrected chi connectivity index (χ3v) is 10.0. The lowest BCUT2D eigenvalue weighted by atomic mass is 9.44. The number of carbonyl (C=O) groups excluding carboxylic acids is 4. The van der Waals surface area contributed by atoms with E-state index >= 15 is 4.39 Å². The molecule has 0 aromatic heterocycles. The van der Waals surface area contributed by atoms with Crippen molar-refractivity contribution in [1.82, 2.24) is 10.7 Å². The van der Waals surface area contributed by atoms with E-state index in [1.165, 1.54) is 25.2 Å². The van der Waals surface area contributed by atoms with Crippen LogP contribution in [0.1, 0.15) is 52.4 Å². The number of aliphatic hydroxyl groups excluding tert-OH is 2. The molecule has 1 amide bonds. The van der Waals surface area contributed by atoms with Gasteiger partial charge in [-0.2, -0.15) is 0 Å². The lowest BCUT2D eigenvalue weighted by molar-refractivity contribution is -0.492. The summed E-state index contributed by atoms with van der Waals surface area (Å²) in [7, 11) is 0. The largest absolute Gasteiger partial charge is 0.456 e. The average Bonchev–Trinajstić information content (AvgIpc) is 3.14. The van der Waals surface area contributed by atoms with Gasteiger partial charge in [0.1, 0.15) is 6.54 Å². The molecule has 6 N–H and O–H groups in total. The van der Waals surface area contributed by atoms with Crippen molar-refractivity contribution in [3.8, 4) is 0 Å². The molecule has 4 rings (SSSR count). The van der Waals surface area contributed by atoms with Crippen LogP contribution in [0.25, 0.3) is 0 Å². The zero-order valence-corrected chi connectivity index (χ0v) is 24.0. The summed E-state index contributed by atoms with van der Waals surface area (Å²) in [6, 6.07) is 0. The Morgan fingerprint density at radius 1 is 1.09 bits per heavy atom. The second kappa shape index (κ2) is 12.3. The molecule has 0 heterocycles. The van der Waals surface area contributed by atoms with Gasteiger partial charge < -0.3 is 30.1 Å². The fourth-order valence-corrected chi connectivity index (χ4v) is 7.75. The van der Waals surface area contributed by atoms with Crippen molar-refractivity contribution in [1.29, 1.82) is 0 Å². The molecule has 0 unspecified atom stereocenters. The highest BCUT2D eigenvalue weighted by molar-refractivity contribution is 6.01. The molecule has 3 fully saturated rings. The topological polar surface area (TPSA) is 212 Å². The first-order chi connectivity index (χ1) is 20.1. The Bertz CT molecular complexity index is 1190. The second-order valence-corrected chi connectivity index (χ2v) is 12.1. The van der Waals surface area contributed by atoms with Gasteiger partial charge in [-0.05, 0) is 63.5 Å². The number of esters is 1. The van der Waals surface area contributed by atoms with Gasteiger partial charge in [-0.3, -0.25) is 29.6 Å². The SMILES string of the molecule is C[C@]12C=CC(=O)C=C1CC[C@H]1[C@@H]3C[C@@H](O)[C@](O)(C(=O)COC(=O)CNC(=O)OCCCCON(O)O)[C@@]3(C)C[C@H](O)[C@@]12F. The molecule has 0 radical (unpaired) electrons. The standard InChI is InChI=1S/C28H39FN2O12/c1-25-8-7-17(32)11-16(25)5-6-18-19-12-20(33)28(38,26(19,2)13-21(34)27(18,25)29)22(35)15-42-23(36)14-30-24(37)41-9-3-4-10-43-31(39)40/h7-8,11,18-21,33-34,38-40H,3-6,9-10,12-15H2,1-2H3,(H,30,37)/t18-,19-,20+,21-,25-,26-,27-,28-/m0/s1. The summed E-state index contributed by atoms with van der Waals surface area (Å²) >= 11 is 0. The first-order valence-electron chi connectivity index (χ1n) is 14.2. The van der Waals surface area contributed by atoms with Gasteiger partial charge in [-0.1, -0.05) is 18.6 Å². The predicted octanol–water partition coefficient (Wildman–Crippen LogP) is 0.690. The van der Waals surface area contributed by atoms with Crippen LogP contribution < -0.4 is 5.32 Å². The van der Waals surface area contributed by atoms with E-state index in [2.05, 4.69) is 10.2 Å². The van der Waals surface area contributed by atoms with Gasteiger partial charge in [0.05, 0.1) is 30.8 Å². The average molecular weight is 615 g/mol. The second-order valence-electron chi connectivity index (χ2n) is 12.1. The first kappa shape index (κ1) is 33.1. The molecule has 0 saturated heterocycles. The summed E-state index contributed by atoms with van der Waals surface area (Å²) in [4.78, 5) is 53.6. The zero-order chi connectivity index (χ0) is 31.8. The molecule has 0 aromatic carbocycles. The van der Waals surface area contributed by atoms with Crippen LogP contribution in [0, 0.1) is 22.7 Å². The van der Waals surface area contributed by atoms with Crippen LogP contribution in [-0.4, -0.2) is 105 Å². The number of nitrogens with one attached hydrogen (secondary N) is 1. The Labute approximate surface area is 246 Å². The number of ether oxygens (including phenoxy) is 2. The normalized spacial score (nSPS) is 38.1. The maximum Gasteiger partial charge on any atom is 0.407 e. The minimum Gasteiger partial charge on any atom is -0.456 e. The smallest absolute Gasteiger partial charge is 0.407 e. The van der Waals surface area contributed by atoms with Crippen LogP contribution in [0.15, 0.2) is 23.8 Å². The zero-order valence-electron chi connectivity index (χ0n) is 24.0. The van der Waals surface area contributed by atoms with Gasteiger partial charge in [-0.15, -0.1) is 0 Å². The fourth-order valence-electron chi connectivity index (χ4n) is 7.75. The summed E-state index contributed by atoms with van der Waals surface area (Å²) in [6.07, 6.45) is 0.744. The van der Waals surface area contributed by atoms with Crippen LogP contribution in [0.5, 0.6) is 0 Å². The van der Waals surface area contributed by atoms with Crippen molar-refractivity contribution in [2.24, 2.45) is 22.7 Å². The summed E-state index contributed by atoms with van der Waals surface area (Å²) in [6.45, 7) is 1.47. The molecule has 8 atom stereocenters. The highest BCUT2D eigenvalue weighted by Crippen LogP contribution is 2.69. The monoisotopic (exact) mass is 614 g/mol. The number of fused-ring (bicyclic) bond motifs is 5. The Morgan fingerprint density at radius 3 is 2.49 bits per heavy atom. The Kier molecular flexibility index (Phi) is 9.47. The minimum absolute atomic E-state index is 0.0371. The third kappa shape index (κ3) is 5.63. The summed E-state index contributed by atoms with van der Waals surface area (Å²) in [5.41, 5.74) is -6.83. The number of carbonyl (C=O) groups is 4. The number of hydrogen-bond acceptors (Lipinski definition) is 13. The van der Waals surface area contributed by atoms with Gasteiger partial charge in [-0.25, -0.2) is 9.18 Å². The van der Waals surface area contributed by atoms with E-state index in [1.54, 1.807) is 6.92 Å². The number of rotatable bonds is 11. The molecule has 43 heavy (non-hydrogen) atoms. The van der Waals surface area contributed by atoms with E-state index in [4.69, 9.17) is 19.9 Å². The van der Waals surface area contributed by atoms with Crippen molar-refractivity contribution in [2.45, 2.75) is 75.9 Å². The highest BCUT2D eigenvalue weighted by Gasteiger charge is 2.76. The molecule has 240 valence electrons. The van der Waals surface area contributed by atoms with Crippen molar-refractivity contribution in [3.63, 3.8) is 0 Å². The number of nitrogens with zero attached hydrogens (tertiary/aromatic N) is 1. The quantitative estimate of drug-likeness (QED) is 0.108. The van der Waals surface area contributed by atoms with Gasteiger partial charge in [0, 0.05) is 16.7 Å². The van der Waals surface area contributed by atoms with Crippen molar-refractivity contribution >= 4 is 23.6 Å². The lowest BCUT2D eigenvalue weighted by Crippen LogP contribution is -2.69. The van der Waals surface area contributed by atoms with Crippen molar-refractivity contribution in [3.05, 3.63) is 23.8 Å². The van der Waals surface area contributed by atoms with E-state index < -0.39 is 82.5 Å². The highest BCUT2D eigenvalue weighted by atomic mass is 19.1. The number of ketones is 2. The minimum atomic E-state index is -2.45. The van der Waals surface area contributed by atoms with E-state index in [-0.39, 0.29) is 38.3 Å². The number of alkyl halides is 1. The number of amides is 1. The fraction of sp³-hybridized carbons (Fsp3) is 0.714. The van der Waals surface area contributed by atoms with Crippen LogP contribution >= 0.6 is 0 Å². The predicted molar refractivity (Wildman–Crippen MR) is 141 cm³/mol. The van der Waals surface area contributed by atoms with E-state index in [0.717, 1.165) is 0 Å². The first-order valence-corrected chi connectivity index (χ1v) is 14.2. The number of Topliss-reactive ketones (excluding diaryl/α,β-unsaturated/α-hetero) is 1. The molecule has 0 aromatic rings. The summed E-state index contributed by atoms with van der Waals surface area (Å²) in [5, 5.41) is 52.6. The molecule has 0 bridgehead atoms. The van der Waals surface area contributed by atoms with Crippen LogP contribution in [0.3, 0.4) is 0 Å². The van der Waals surface area contributed by atoms with Gasteiger partial charge in [0.25, 0.3) is 0 Å². The van der Waals surface area contributed by atoms with Crippen LogP contribution in [0.4, 0.5) is 9.18 Å². The molecule has 4 aliphatic carbocycles. The molecule has 15 heteroatoms. The molecule has 14 nitrogen and oxygen atoms in total. The number of alkyl carbamates (subject to hydrolysis) is 1. The molecule has 3 saturated carbocycles.